The predicted octanol–water partition coefficient (Wildman–Crippen LogP) is 3.22. The summed E-state index contributed by atoms with van der Waals surface area (Å²) in [6.07, 6.45) is 0. The molecule has 0 aliphatic heterocycles. The highest BCUT2D eigenvalue weighted by molar-refractivity contribution is 6.31. The van der Waals surface area contributed by atoms with Crippen molar-refractivity contribution >= 4 is 22.4 Å². The Labute approximate surface area is 93.3 Å². The molecule has 2 nitrogen and oxygen atoms in total. The normalized spacial score (nSPS) is 13.0. The molecule has 15 heavy (non-hydrogen) atoms. The van der Waals surface area contributed by atoms with Gasteiger partial charge in [-0.15, -0.1) is 0 Å². The molecule has 78 valence electrons. The Balaban J connectivity index is 2.82. The van der Waals surface area contributed by atoms with Crippen LogP contribution in [0.5, 0.6) is 5.75 Å². The number of hydrogen-bond donors (Lipinski definition) is 2. The molecule has 0 saturated carbocycles. The summed E-state index contributed by atoms with van der Waals surface area (Å²) in [5.41, 5.74) is 6.59. The van der Waals surface area contributed by atoms with Crippen LogP contribution in [0.1, 0.15) is 18.5 Å². The first-order valence-corrected chi connectivity index (χ1v) is 5.14. The Bertz CT molecular complexity index is 508. The SMILES string of the molecule is CC(N)c1c(O)ccc2cc(Cl)ccc12. The van der Waals surface area contributed by atoms with E-state index < -0.39 is 0 Å². The number of benzene rings is 2. The number of phenols is 1. The van der Waals surface area contributed by atoms with Crippen LogP contribution in [0.15, 0.2) is 30.3 Å². The molecule has 0 saturated heterocycles. The topological polar surface area (TPSA) is 46.2 Å². The summed E-state index contributed by atoms with van der Waals surface area (Å²) in [5, 5.41) is 12.4. The van der Waals surface area contributed by atoms with E-state index in [4.69, 9.17) is 17.3 Å². The van der Waals surface area contributed by atoms with Crippen LogP contribution < -0.4 is 5.73 Å². The molecule has 2 aromatic rings. The van der Waals surface area contributed by atoms with Crippen molar-refractivity contribution < 1.29 is 5.11 Å². The standard InChI is InChI=1S/C12H12ClNO/c1-7(14)12-10-4-3-9(13)6-8(10)2-5-11(12)15/h2-7,15H,14H2,1H3. The number of phenolic OH excluding ortho intramolecular Hbond substituents is 1. The van der Waals surface area contributed by atoms with Gasteiger partial charge in [-0.1, -0.05) is 23.7 Å². The number of rotatable bonds is 1. The molecule has 0 fully saturated rings. The molecule has 0 aliphatic carbocycles. The van der Waals surface area contributed by atoms with E-state index in [1.54, 1.807) is 12.1 Å². The second kappa shape index (κ2) is 3.72. The summed E-state index contributed by atoms with van der Waals surface area (Å²) < 4.78 is 0. The van der Waals surface area contributed by atoms with Gasteiger partial charge in [0.25, 0.3) is 0 Å². The molecule has 1 atom stereocenters. The van der Waals surface area contributed by atoms with Crippen LogP contribution in [-0.4, -0.2) is 5.11 Å². The van der Waals surface area contributed by atoms with Gasteiger partial charge in [0, 0.05) is 16.6 Å². The minimum Gasteiger partial charge on any atom is -0.508 e. The average Bonchev–Trinajstić information content (AvgIpc) is 2.17. The van der Waals surface area contributed by atoms with Crippen molar-refractivity contribution in [2.75, 3.05) is 0 Å². The van der Waals surface area contributed by atoms with Gasteiger partial charge >= 0.3 is 0 Å². The van der Waals surface area contributed by atoms with Crippen LogP contribution in [0.2, 0.25) is 5.02 Å². The van der Waals surface area contributed by atoms with Crippen molar-refractivity contribution in [3.63, 3.8) is 0 Å². The Kier molecular flexibility index (Phi) is 2.55. The smallest absolute Gasteiger partial charge is 0.120 e. The summed E-state index contributed by atoms with van der Waals surface area (Å²) in [6, 6.07) is 8.84. The van der Waals surface area contributed by atoms with Gasteiger partial charge in [0.15, 0.2) is 0 Å². The highest BCUT2D eigenvalue weighted by atomic mass is 35.5. The minimum atomic E-state index is -0.199. The first-order chi connectivity index (χ1) is 7.09. The van der Waals surface area contributed by atoms with Crippen LogP contribution in [-0.2, 0) is 0 Å². The van der Waals surface area contributed by atoms with Crippen LogP contribution >= 0.6 is 11.6 Å². The zero-order valence-corrected chi connectivity index (χ0v) is 9.12. The molecule has 0 aromatic heterocycles. The van der Waals surface area contributed by atoms with Crippen molar-refractivity contribution in [1.82, 2.24) is 0 Å². The highest BCUT2D eigenvalue weighted by Crippen LogP contribution is 2.32. The summed E-state index contributed by atoms with van der Waals surface area (Å²) in [7, 11) is 0. The zero-order valence-electron chi connectivity index (χ0n) is 8.37. The first-order valence-electron chi connectivity index (χ1n) is 4.76. The monoisotopic (exact) mass is 221 g/mol. The lowest BCUT2D eigenvalue weighted by Crippen LogP contribution is -2.05. The molecule has 2 aromatic carbocycles. The molecular weight excluding hydrogens is 210 g/mol. The predicted molar refractivity (Wildman–Crippen MR) is 63.2 cm³/mol. The van der Waals surface area contributed by atoms with Gasteiger partial charge in [-0.25, -0.2) is 0 Å². The van der Waals surface area contributed by atoms with Gasteiger partial charge in [0.1, 0.15) is 5.75 Å². The molecule has 2 rings (SSSR count). The molecule has 0 amide bonds. The summed E-state index contributed by atoms with van der Waals surface area (Å²) >= 11 is 5.90. The van der Waals surface area contributed by atoms with E-state index >= 15 is 0 Å². The number of fused-ring (bicyclic) bond motifs is 1. The second-order valence-corrected chi connectivity index (χ2v) is 4.09. The van der Waals surface area contributed by atoms with E-state index in [2.05, 4.69) is 0 Å². The molecular formula is C12H12ClNO. The lowest BCUT2D eigenvalue weighted by molar-refractivity contribution is 0.465. The van der Waals surface area contributed by atoms with Crippen molar-refractivity contribution in [1.29, 1.82) is 0 Å². The summed E-state index contributed by atoms with van der Waals surface area (Å²) in [4.78, 5) is 0. The van der Waals surface area contributed by atoms with E-state index in [9.17, 15) is 5.11 Å². The van der Waals surface area contributed by atoms with Gasteiger partial charge in [-0.05, 0) is 35.9 Å². The molecule has 0 radical (unpaired) electrons. The number of halogens is 1. The third-order valence-corrected chi connectivity index (χ3v) is 2.69. The van der Waals surface area contributed by atoms with Crippen LogP contribution in [0.25, 0.3) is 10.8 Å². The second-order valence-electron chi connectivity index (χ2n) is 3.65. The van der Waals surface area contributed by atoms with Gasteiger partial charge in [0.05, 0.1) is 0 Å². The first kappa shape index (κ1) is 10.3. The number of aromatic hydroxyl groups is 1. The van der Waals surface area contributed by atoms with Gasteiger partial charge in [0.2, 0.25) is 0 Å². The number of hydrogen-bond acceptors (Lipinski definition) is 2. The number of nitrogens with two attached hydrogens (primary N) is 1. The summed E-state index contributed by atoms with van der Waals surface area (Å²) in [5.74, 6) is 0.236. The average molecular weight is 222 g/mol. The molecule has 3 N–H and O–H groups in total. The van der Waals surface area contributed by atoms with Crippen LogP contribution in [0.3, 0.4) is 0 Å². The Morgan fingerprint density at radius 1 is 1.27 bits per heavy atom. The van der Waals surface area contributed by atoms with Crippen molar-refractivity contribution in [2.45, 2.75) is 13.0 Å². The maximum Gasteiger partial charge on any atom is 0.120 e. The lowest BCUT2D eigenvalue weighted by Gasteiger charge is -2.12. The van der Waals surface area contributed by atoms with E-state index in [0.29, 0.717) is 5.02 Å². The van der Waals surface area contributed by atoms with Crippen molar-refractivity contribution in [2.24, 2.45) is 5.73 Å². The third-order valence-electron chi connectivity index (χ3n) is 2.46. The minimum absolute atomic E-state index is 0.199. The van der Waals surface area contributed by atoms with E-state index in [1.807, 2.05) is 25.1 Å². The van der Waals surface area contributed by atoms with Crippen molar-refractivity contribution in [3.05, 3.63) is 40.9 Å². The maximum absolute atomic E-state index is 9.74. The fourth-order valence-corrected chi connectivity index (χ4v) is 1.97. The Hall–Kier alpha value is -1.25. The van der Waals surface area contributed by atoms with E-state index in [-0.39, 0.29) is 11.8 Å². The molecule has 0 aliphatic rings. The molecule has 0 heterocycles. The van der Waals surface area contributed by atoms with Crippen LogP contribution in [0.4, 0.5) is 0 Å². The van der Waals surface area contributed by atoms with E-state index in [0.717, 1.165) is 16.3 Å². The quantitative estimate of drug-likeness (QED) is 0.777. The molecule has 3 heteroatoms. The molecule has 1 unspecified atom stereocenters. The highest BCUT2D eigenvalue weighted by Gasteiger charge is 2.10. The fraction of sp³-hybridized carbons (Fsp3) is 0.167. The van der Waals surface area contributed by atoms with Gasteiger partial charge in [-0.2, -0.15) is 0 Å². The lowest BCUT2D eigenvalue weighted by atomic mass is 9.99. The molecule has 0 spiro atoms. The Morgan fingerprint density at radius 2 is 2.00 bits per heavy atom. The maximum atomic E-state index is 9.74. The zero-order chi connectivity index (χ0) is 11.0. The fourth-order valence-electron chi connectivity index (χ4n) is 1.79. The van der Waals surface area contributed by atoms with E-state index in [1.165, 1.54) is 0 Å². The van der Waals surface area contributed by atoms with Gasteiger partial charge < -0.3 is 10.8 Å². The Morgan fingerprint density at radius 3 is 2.67 bits per heavy atom. The third kappa shape index (κ3) is 1.78. The largest absolute Gasteiger partial charge is 0.508 e. The molecule has 0 bridgehead atoms. The summed E-state index contributed by atoms with van der Waals surface area (Å²) in [6.45, 7) is 1.85. The van der Waals surface area contributed by atoms with Crippen molar-refractivity contribution in [3.8, 4) is 5.75 Å². The van der Waals surface area contributed by atoms with Gasteiger partial charge in [-0.3, -0.25) is 0 Å². The van der Waals surface area contributed by atoms with Crippen LogP contribution in [0, 0.1) is 0 Å².